The minimum absolute atomic E-state index is 0.252. The molecule has 7 heteroatoms. The zero-order valence-electron chi connectivity index (χ0n) is 15.0. The van der Waals surface area contributed by atoms with Gasteiger partial charge in [0.2, 0.25) is 0 Å². The number of halogens is 1. The summed E-state index contributed by atoms with van der Waals surface area (Å²) in [5.74, 6) is 0.824. The van der Waals surface area contributed by atoms with Gasteiger partial charge in [0.25, 0.3) is 11.8 Å². The predicted octanol–water partition coefficient (Wildman–Crippen LogP) is 4.85. The first-order chi connectivity index (χ1) is 13.6. The van der Waals surface area contributed by atoms with Crippen LogP contribution in [0.15, 0.2) is 75.9 Å². The Kier molecular flexibility index (Phi) is 4.95. The number of amides is 1. The van der Waals surface area contributed by atoms with Gasteiger partial charge in [0.1, 0.15) is 0 Å². The molecule has 0 atom stereocenters. The van der Waals surface area contributed by atoms with Crippen LogP contribution in [0.25, 0.3) is 11.5 Å². The second-order valence-corrected chi connectivity index (χ2v) is 6.55. The van der Waals surface area contributed by atoms with Crippen LogP contribution in [0.5, 0.6) is 0 Å². The maximum atomic E-state index is 12.6. The Morgan fingerprint density at radius 1 is 1.07 bits per heavy atom. The molecule has 0 aliphatic rings. The van der Waals surface area contributed by atoms with Crippen LogP contribution in [0.2, 0.25) is 5.02 Å². The normalized spacial score (nSPS) is 10.8. The lowest BCUT2D eigenvalue weighted by atomic mass is 10.1. The van der Waals surface area contributed by atoms with Gasteiger partial charge >= 0.3 is 0 Å². The summed E-state index contributed by atoms with van der Waals surface area (Å²) in [5.41, 5.74) is 2.20. The summed E-state index contributed by atoms with van der Waals surface area (Å²) in [4.78, 5) is 18.6. The van der Waals surface area contributed by atoms with Crippen molar-refractivity contribution in [2.24, 2.45) is 0 Å². The van der Waals surface area contributed by atoms with Gasteiger partial charge in [-0.25, -0.2) is 0 Å². The number of hydrogen-bond donors (Lipinski definition) is 0. The third-order valence-corrected chi connectivity index (χ3v) is 4.68. The van der Waals surface area contributed by atoms with E-state index in [1.807, 2.05) is 48.5 Å². The molecular formula is C21H16ClN3O3. The molecule has 2 aromatic heterocycles. The Hall–Kier alpha value is -3.38. The standard InChI is InChI=1S/C21H16ClN3O3/c1-25(21(26)18-11-6-12-27-18)17-10-5-3-8-15(17)20-23-19(24-28-20)13-14-7-2-4-9-16(14)22/h2-12H,13H2,1H3. The lowest BCUT2D eigenvalue weighted by Gasteiger charge is -2.18. The fraction of sp³-hybridized carbons (Fsp3) is 0.0952. The van der Waals surface area contributed by atoms with Crippen molar-refractivity contribution in [1.82, 2.24) is 10.1 Å². The number of furan rings is 1. The Balaban J connectivity index is 1.63. The molecule has 0 N–H and O–H groups in total. The SMILES string of the molecule is CN(C(=O)c1ccco1)c1ccccc1-c1nc(Cc2ccccc2Cl)no1. The monoisotopic (exact) mass is 393 g/mol. The van der Waals surface area contributed by atoms with Crippen LogP contribution < -0.4 is 4.90 Å². The largest absolute Gasteiger partial charge is 0.459 e. The smallest absolute Gasteiger partial charge is 0.293 e. The van der Waals surface area contributed by atoms with Gasteiger partial charge in [-0.15, -0.1) is 0 Å². The molecule has 2 aromatic carbocycles. The summed E-state index contributed by atoms with van der Waals surface area (Å²) < 4.78 is 10.7. The molecule has 2 heterocycles. The third kappa shape index (κ3) is 3.54. The molecule has 0 saturated heterocycles. The highest BCUT2D eigenvalue weighted by Crippen LogP contribution is 2.30. The van der Waals surface area contributed by atoms with Crippen molar-refractivity contribution in [2.45, 2.75) is 6.42 Å². The number of anilines is 1. The molecule has 0 bridgehead atoms. The molecule has 4 aromatic rings. The van der Waals surface area contributed by atoms with Crippen LogP contribution in [0.4, 0.5) is 5.69 Å². The lowest BCUT2D eigenvalue weighted by Crippen LogP contribution is -2.26. The van der Waals surface area contributed by atoms with Gasteiger partial charge in [0.15, 0.2) is 11.6 Å². The zero-order chi connectivity index (χ0) is 19.5. The second kappa shape index (κ2) is 7.70. The van der Waals surface area contributed by atoms with Crippen molar-refractivity contribution in [3.8, 4) is 11.5 Å². The van der Waals surface area contributed by atoms with E-state index in [-0.39, 0.29) is 11.7 Å². The average molecular weight is 394 g/mol. The van der Waals surface area contributed by atoms with E-state index in [0.29, 0.717) is 34.4 Å². The van der Waals surface area contributed by atoms with Gasteiger partial charge in [0.05, 0.1) is 17.5 Å². The summed E-state index contributed by atoms with van der Waals surface area (Å²) in [6.07, 6.45) is 1.92. The number of hydrogen-bond acceptors (Lipinski definition) is 5. The number of carbonyl (C=O) groups is 1. The van der Waals surface area contributed by atoms with Gasteiger partial charge in [-0.3, -0.25) is 4.79 Å². The van der Waals surface area contributed by atoms with E-state index >= 15 is 0 Å². The van der Waals surface area contributed by atoms with E-state index in [1.54, 1.807) is 19.2 Å². The first kappa shape index (κ1) is 18.0. The minimum Gasteiger partial charge on any atom is -0.459 e. The molecule has 0 spiro atoms. The van der Waals surface area contributed by atoms with Crippen LogP contribution in [0.1, 0.15) is 21.9 Å². The molecule has 4 rings (SSSR count). The second-order valence-electron chi connectivity index (χ2n) is 6.14. The number of rotatable bonds is 5. The molecule has 0 unspecified atom stereocenters. The number of para-hydroxylation sites is 1. The van der Waals surface area contributed by atoms with Crippen molar-refractivity contribution in [2.75, 3.05) is 11.9 Å². The van der Waals surface area contributed by atoms with Crippen molar-refractivity contribution in [3.05, 3.63) is 89.1 Å². The van der Waals surface area contributed by atoms with Crippen molar-refractivity contribution in [3.63, 3.8) is 0 Å². The lowest BCUT2D eigenvalue weighted by molar-refractivity contribution is 0.0966. The van der Waals surface area contributed by atoms with E-state index in [1.165, 1.54) is 11.2 Å². The van der Waals surface area contributed by atoms with Gasteiger partial charge in [-0.05, 0) is 35.9 Å². The summed E-state index contributed by atoms with van der Waals surface area (Å²) in [7, 11) is 1.67. The van der Waals surface area contributed by atoms with Gasteiger partial charge < -0.3 is 13.8 Å². The molecule has 28 heavy (non-hydrogen) atoms. The van der Waals surface area contributed by atoms with Crippen LogP contribution in [-0.4, -0.2) is 23.1 Å². The highest BCUT2D eigenvalue weighted by molar-refractivity contribution is 6.31. The van der Waals surface area contributed by atoms with E-state index in [4.69, 9.17) is 20.5 Å². The highest BCUT2D eigenvalue weighted by Gasteiger charge is 2.21. The Morgan fingerprint density at radius 2 is 1.86 bits per heavy atom. The summed E-state index contributed by atoms with van der Waals surface area (Å²) in [6, 6.07) is 18.1. The van der Waals surface area contributed by atoms with Gasteiger partial charge in [-0.1, -0.05) is 47.1 Å². The summed E-state index contributed by atoms with van der Waals surface area (Å²) in [5, 5.41) is 4.71. The molecule has 0 aliphatic carbocycles. The molecule has 1 amide bonds. The Morgan fingerprint density at radius 3 is 2.64 bits per heavy atom. The fourth-order valence-electron chi connectivity index (χ4n) is 2.87. The maximum Gasteiger partial charge on any atom is 0.293 e. The van der Waals surface area contributed by atoms with Gasteiger partial charge in [0, 0.05) is 18.5 Å². The molecular weight excluding hydrogens is 378 g/mol. The Bertz CT molecular complexity index is 1110. The third-order valence-electron chi connectivity index (χ3n) is 4.31. The maximum absolute atomic E-state index is 12.6. The van der Waals surface area contributed by atoms with Crippen molar-refractivity contribution in [1.29, 1.82) is 0 Å². The highest BCUT2D eigenvalue weighted by atomic mass is 35.5. The molecule has 0 radical (unpaired) electrons. The van der Waals surface area contributed by atoms with E-state index in [9.17, 15) is 4.79 Å². The van der Waals surface area contributed by atoms with E-state index < -0.39 is 0 Å². The van der Waals surface area contributed by atoms with E-state index in [2.05, 4.69) is 10.1 Å². The predicted molar refractivity (Wildman–Crippen MR) is 105 cm³/mol. The number of nitrogens with zero attached hydrogens (tertiary/aromatic N) is 3. The number of aromatic nitrogens is 2. The summed E-state index contributed by atoms with van der Waals surface area (Å²) in [6.45, 7) is 0. The minimum atomic E-state index is -0.270. The van der Waals surface area contributed by atoms with Crippen molar-refractivity contribution >= 4 is 23.2 Å². The van der Waals surface area contributed by atoms with Crippen LogP contribution in [0, 0.1) is 0 Å². The fourth-order valence-corrected chi connectivity index (χ4v) is 3.07. The topological polar surface area (TPSA) is 72.4 Å². The molecule has 0 saturated carbocycles. The van der Waals surface area contributed by atoms with Crippen LogP contribution >= 0.6 is 11.6 Å². The quantitative estimate of drug-likeness (QED) is 0.484. The zero-order valence-corrected chi connectivity index (χ0v) is 15.8. The van der Waals surface area contributed by atoms with Crippen LogP contribution in [0.3, 0.4) is 0 Å². The van der Waals surface area contributed by atoms with E-state index in [0.717, 1.165) is 5.56 Å². The van der Waals surface area contributed by atoms with Crippen LogP contribution in [-0.2, 0) is 6.42 Å². The average Bonchev–Trinajstić information content (AvgIpc) is 3.41. The summed E-state index contributed by atoms with van der Waals surface area (Å²) >= 11 is 6.21. The molecule has 140 valence electrons. The first-order valence-electron chi connectivity index (χ1n) is 8.60. The van der Waals surface area contributed by atoms with Crippen molar-refractivity contribution < 1.29 is 13.7 Å². The Labute approximate surface area is 166 Å². The molecule has 6 nitrogen and oxygen atoms in total. The first-order valence-corrected chi connectivity index (χ1v) is 8.98. The number of carbonyl (C=O) groups excluding carboxylic acids is 1. The molecule has 0 aliphatic heterocycles. The van der Waals surface area contributed by atoms with Gasteiger partial charge in [-0.2, -0.15) is 4.98 Å². The molecule has 0 fully saturated rings. The number of benzene rings is 2.